The molecule has 1 N–H and O–H groups in total. The summed E-state index contributed by atoms with van der Waals surface area (Å²) in [4.78, 5) is 30.8. The smallest absolute Gasteiger partial charge is 0.330 e. The maximum absolute atomic E-state index is 15.6. The van der Waals surface area contributed by atoms with Gasteiger partial charge in [0.2, 0.25) is 5.95 Å². The number of carbonyl (C=O) groups excluding carboxylic acids is 1. The highest BCUT2D eigenvalue weighted by Crippen LogP contribution is 2.42. The predicted octanol–water partition coefficient (Wildman–Crippen LogP) is 4.88. The molecule has 12 heteroatoms. The Morgan fingerprint density at radius 2 is 1.79 bits per heavy atom. The Hall–Kier alpha value is -3.25. The number of unbranched alkanes of at least 4 members (excludes halogenated alkanes) is 2. The van der Waals surface area contributed by atoms with E-state index >= 15 is 8.78 Å². The van der Waals surface area contributed by atoms with E-state index in [-0.39, 0.29) is 30.7 Å². The van der Waals surface area contributed by atoms with Gasteiger partial charge in [-0.2, -0.15) is 4.98 Å². The first-order valence-corrected chi connectivity index (χ1v) is 15.2. The molecule has 0 spiro atoms. The van der Waals surface area contributed by atoms with Crippen LogP contribution in [0, 0.1) is 11.6 Å². The highest BCUT2D eigenvalue weighted by atomic mass is 19.1. The Labute approximate surface area is 247 Å². The van der Waals surface area contributed by atoms with Crippen LogP contribution < -0.4 is 24.6 Å². The number of urea groups is 1. The van der Waals surface area contributed by atoms with Crippen molar-refractivity contribution in [1.82, 2.24) is 19.8 Å². The maximum atomic E-state index is 15.6. The standard InChI is InChI=1S/C30H43F2N7O3/c1-4-42-24-18-23(41-3)25(31)27(26(24)32)38-20-21-19-34-29(35-28(21)39(30(38)40)22-10-6-7-11-22)33-12-8-5-9-13-37-16-14-36(2)15-17-37/h18-19,22H,4-17,20H2,1-3H3,(H,33,34,35). The number of piperazine rings is 1. The van der Waals surface area contributed by atoms with Crippen molar-refractivity contribution in [2.75, 3.05) is 75.1 Å². The van der Waals surface area contributed by atoms with Crippen molar-refractivity contribution < 1.29 is 23.0 Å². The van der Waals surface area contributed by atoms with E-state index < -0.39 is 23.4 Å². The first-order chi connectivity index (χ1) is 20.4. The zero-order valence-electron chi connectivity index (χ0n) is 25.0. The molecule has 2 aromatic rings. The van der Waals surface area contributed by atoms with Gasteiger partial charge in [0.15, 0.2) is 23.1 Å². The van der Waals surface area contributed by atoms with E-state index in [1.807, 2.05) is 0 Å². The molecule has 2 fully saturated rings. The number of amides is 2. The van der Waals surface area contributed by atoms with Gasteiger partial charge in [0.1, 0.15) is 11.5 Å². The number of ether oxygens (including phenoxy) is 2. The molecule has 3 aliphatic rings. The molecule has 1 aromatic heterocycles. The second-order valence-electron chi connectivity index (χ2n) is 11.3. The van der Waals surface area contributed by atoms with Gasteiger partial charge in [-0.05, 0) is 46.2 Å². The van der Waals surface area contributed by atoms with Crippen LogP contribution in [0.2, 0.25) is 0 Å². The Morgan fingerprint density at radius 3 is 2.50 bits per heavy atom. The lowest BCUT2D eigenvalue weighted by Crippen LogP contribution is -2.52. The molecule has 0 bridgehead atoms. The van der Waals surface area contributed by atoms with Crippen molar-refractivity contribution in [3.05, 3.63) is 29.5 Å². The molecule has 10 nitrogen and oxygen atoms in total. The van der Waals surface area contributed by atoms with Crippen LogP contribution in [-0.2, 0) is 6.54 Å². The summed E-state index contributed by atoms with van der Waals surface area (Å²) in [5, 5.41) is 3.32. The quantitative estimate of drug-likeness (QED) is 0.352. The van der Waals surface area contributed by atoms with Crippen LogP contribution in [0.3, 0.4) is 0 Å². The van der Waals surface area contributed by atoms with E-state index in [0.717, 1.165) is 89.1 Å². The molecular formula is C30H43F2N7O3. The fraction of sp³-hybridized carbons (Fsp3) is 0.633. The molecule has 1 aromatic carbocycles. The zero-order chi connectivity index (χ0) is 29.6. The molecule has 1 aliphatic carbocycles. The second kappa shape index (κ2) is 13.8. The molecule has 42 heavy (non-hydrogen) atoms. The van der Waals surface area contributed by atoms with Crippen LogP contribution in [0.4, 0.5) is 31.0 Å². The minimum Gasteiger partial charge on any atom is -0.493 e. The Bertz CT molecular complexity index is 1240. The van der Waals surface area contributed by atoms with E-state index in [1.54, 1.807) is 18.0 Å². The van der Waals surface area contributed by atoms with Gasteiger partial charge in [0.25, 0.3) is 0 Å². The normalized spacial score (nSPS) is 18.5. The van der Waals surface area contributed by atoms with Gasteiger partial charge in [0.05, 0.1) is 20.3 Å². The molecule has 3 heterocycles. The number of methoxy groups -OCH3 is 1. The minimum absolute atomic E-state index is 0.0729. The van der Waals surface area contributed by atoms with Gasteiger partial charge >= 0.3 is 6.03 Å². The van der Waals surface area contributed by atoms with E-state index in [4.69, 9.17) is 14.5 Å². The van der Waals surface area contributed by atoms with Crippen LogP contribution in [0.1, 0.15) is 57.4 Å². The molecule has 5 rings (SSSR count). The first-order valence-electron chi connectivity index (χ1n) is 15.2. The van der Waals surface area contributed by atoms with Crippen molar-refractivity contribution in [2.24, 2.45) is 0 Å². The number of likely N-dealkylation sites (N-methyl/N-ethyl adjacent to an activating group) is 1. The summed E-state index contributed by atoms with van der Waals surface area (Å²) in [5.41, 5.74) is 0.133. The first kappa shape index (κ1) is 30.2. The highest BCUT2D eigenvalue weighted by molar-refractivity contribution is 6.06. The monoisotopic (exact) mass is 587 g/mol. The van der Waals surface area contributed by atoms with Gasteiger partial charge in [-0.3, -0.25) is 9.80 Å². The molecule has 2 amide bonds. The SMILES string of the molecule is CCOc1cc(OC)c(F)c(N2Cc3cnc(NCCCCCN4CCN(C)CC4)nc3N(C3CCCC3)C2=O)c1F. The lowest BCUT2D eigenvalue weighted by Gasteiger charge is -2.39. The number of rotatable bonds is 12. The average molecular weight is 588 g/mol. The van der Waals surface area contributed by atoms with Gasteiger partial charge in [0, 0.05) is 56.6 Å². The summed E-state index contributed by atoms with van der Waals surface area (Å²) in [6, 6.07) is 0.540. The van der Waals surface area contributed by atoms with Gasteiger partial charge in [-0.25, -0.2) is 18.6 Å². The number of hydrogen-bond donors (Lipinski definition) is 1. The number of fused-ring (bicyclic) bond motifs is 1. The van der Waals surface area contributed by atoms with Crippen LogP contribution in [0.15, 0.2) is 12.3 Å². The molecule has 0 atom stereocenters. The Balaban J connectivity index is 1.30. The number of carbonyl (C=O) groups is 1. The van der Waals surface area contributed by atoms with E-state index in [2.05, 4.69) is 27.1 Å². The Kier molecular flexibility index (Phi) is 9.94. The number of hydrogen-bond acceptors (Lipinski definition) is 8. The summed E-state index contributed by atoms with van der Waals surface area (Å²) >= 11 is 0. The van der Waals surface area contributed by atoms with Crippen LogP contribution in [0.5, 0.6) is 11.5 Å². The third-order valence-electron chi connectivity index (χ3n) is 8.46. The zero-order valence-corrected chi connectivity index (χ0v) is 25.0. The number of nitrogens with zero attached hydrogens (tertiary/aromatic N) is 6. The third kappa shape index (κ3) is 6.54. The van der Waals surface area contributed by atoms with Crippen molar-refractivity contribution in [3.63, 3.8) is 0 Å². The van der Waals surface area contributed by atoms with Crippen LogP contribution >= 0.6 is 0 Å². The maximum Gasteiger partial charge on any atom is 0.330 e. The summed E-state index contributed by atoms with van der Waals surface area (Å²) in [6.07, 6.45) is 8.45. The number of halogens is 2. The van der Waals surface area contributed by atoms with E-state index in [1.165, 1.54) is 13.2 Å². The van der Waals surface area contributed by atoms with Crippen molar-refractivity contribution in [2.45, 2.75) is 64.5 Å². The number of nitrogens with one attached hydrogen (secondary N) is 1. The Morgan fingerprint density at radius 1 is 1.05 bits per heavy atom. The lowest BCUT2D eigenvalue weighted by molar-refractivity contribution is 0.152. The van der Waals surface area contributed by atoms with Crippen molar-refractivity contribution in [1.29, 1.82) is 0 Å². The fourth-order valence-electron chi connectivity index (χ4n) is 6.06. The summed E-state index contributed by atoms with van der Waals surface area (Å²) < 4.78 is 41.7. The third-order valence-corrected chi connectivity index (χ3v) is 8.46. The number of aromatic nitrogens is 2. The molecule has 1 saturated carbocycles. The van der Waals surface area contributed by atoms with Crippen LogP contribution in [-0.4, -0.2) is 91.9 Å². The van der Waals surface area contributed by atoms with Gasteiger partial charge in [-0.1, -0.05) is 19.3 Å². The van der Waals surface area contributed by atoms with E-state index in [0.29, 0.717) is 17.3 Å². The molecule has 1 saturated heterocycles. The average Bonchev–Trinajstić information content (AvgIpc) is 3.52. The highest BCUT2D eigenvalue weighted by Gasteiger charge is 2.41. The van der Waals surface area contributed by atoms with E-state index in [9.17, 15) is 4.79 Å². The minimum atomic E-state index is -0.951. The van der Waals surface area contributed by atoms with Gasteiger partial charge < -0.3 is 24.6 Å². The summed E-state index contributed by atoms with van der Waals surface area (Å²) in [5.74, 6) is -1.30. The predicted molar refractivity (Wildman–Crippen MR) is 159 cm³/mol. The molecule has 0 unspecified atom stereocenters. The van der Waals surface area contributed by atoms with Crippen LogP contribution in [0.25, 0.3) is 0 Å². The fourth-order valence-corrected chi connectivity index (χ4v) is 6.06. The molecular weight excluding hydrogens is 544 g/mol. The number of benzene rings is 1. The lowest BCUT2D eigenvalue weighted by atomic mass is 10.1. The summed E-state index contributed by atoms with van der Waals surface area (Å²) in [7, 11) is 3.47. The van der Waals surface area contributed by atoms with Gasteiger partial charge in [-0.15, -0.1) is 0 Å². The summed E-state index contributed by atoms with van der Waals surface area (Å²) in [6.45, 7) is 8.19. The molecule has 2 aliphatic heterocycles. The topological polar surface area (TPSA) is 86.3 Å². The largest absolute Gasteiger partial charge is 0.493 e. The molecule has 0 radical (unpaired) electrons. The van der Waals surface area contributed by atoms with Crippen molar-refractivity contribution in [3.8, 4) is 11.5 Å². The van der Waals surface area contributed by atoms with Crippen molar-refractivity contribution >= 4 is 23.5 Å². The molecule has 230 valence electrons. The second-order valence-corrected chi connectivity index (χ2v) is 11.3. The number of anilines is 3.